The standard InChI is InChI=1S/C14H14F3N3O2/c15-14(16,17)8-18-12(21)6-3-7-20-9-19-11-5-2-1-4-10(11)13(20)22/h1-2,4-5,9H,3,6-8H2,(H,18,21). The first kappa shape index (κ1) is 16.0. The Balaban J connectivity index is 1.91. The van der Waals surface area contributed by atoms with Gasteiger partial charge in [-0.15, -0.1) is 0 Å². The Morgan fingerprint density at radius 3 is 2.73 bits per heavy atom. The number of aromatic nitrogens is 2. The number of rotatable bonds is 5. The third kappa shape index (κ3) is 4.31. The Hall–Kier alpha value is -2.38. The fraction of sp³-hybridized carbons (Fsp3) is 0.357. The van der Waals surface area contributed by atoms with Gasteiger partial charge in [0.25, 0.3) is 5.56 Å². The molecule has 0 unspecified atom stereocenters. The molecule has 0 fully saturated rings. The molecule has 2 aromatic rings. The summed E-state index contributed by atoms with van der Waals surface area (Å²) in [4.78, 5) is 27.5. The van der Waals surface area contributed by atoms with Crippen molar-refractivity contribution >= 4 is 16.8 Å². The Morgan fingerprint density at radius 1 is 1.27 bits per heavy atom. The molecule has 2 rings (SSSR count). The van der Waals surface area contributed by atoms with Crippen LogP contribution >= 0.6 is 0 Å². The lowest BCUT2D eigenvalue weighted by Gasteiger charge is -2.09. The number of para-hydroxylation sites is 1. The van der Waals surface area contributed by atoms with Crippen LogP contribution in [0.3, 0.4) is 0 Å². The lowest BCUT2D eigenvalue weighted by Crippen LogP contribution is -2.33. The van der Waals surface area contributed by atoms with Gasteiger partial charge in [-0.2, -0.15) is 13.2 Å². The zero-order valence-electron chi connectivity index (χ0n) is 11.6. The highest BCUT2D eigenvalue weighted by molar-refractivity contribution is 5.77. The van der Waals surface area contributed by atoms with Crippen molar-refractivity contribution in [1.29, 1.82) is 0 Å². The number of nitrogens with one attached hydrogen (secondary N) is 1. The van der Waals surface area contributed by atoms with Gasteiger partial charge in [0.15, 0.2) is 0 Å². The average molecular weight is 313 g/mol. The fourth-order valence-electron chi connectivity index (χ4n) is 1.96. The van der Waals surface area contributed by atoms with Gasteiger partial charge in [0.05, 0.1) is 17.2 Å². The topological polar surface area (TPSA) is 64.0 Å². The molecule has 1 heterocycles. The van der Waals surface area contributed by atoms with E-state index in [4.69, 9.17) is 0 Å². The number of nitrogens with zero attached hydrogens (tertiary/aromatic N) is 2. The van der Waals surface area contributed by atoms with Crippen LogP contribution in [0.15, 0.2) is 35.4 Å². The Labute approximate surface area is 123 Å². The van der Waals surface area contributed by atoms with E-state index in [9.17, 15) is 22.8 Å². The number of hydrogen-bond donors (Lipinski definition) is 1. The summed E-state index contributed by atoms with van der Waals surface area (Å²) in [7, 11) is 0. The number of alkyl halides is 3. The van der Waals surface area contributed by atoms with Crippen LogP contribution in [0.4, 0.5) is 13.2 Å². The number of fused-ring (bicyclic) bond motifs is 1. The summed E-state index contributed by atoms with van der Waals surface area (Å²) < 4.78 is 37.2. The lowest BCUT2D eigenvalue weighted by atomic mass is 10.2. The monoisotopic (exact) mass is 313 g/mol. The zero-order valence-corrected chi connectivity index (χ0v) is 11.6. The van der Waals surface area contributed by atoms with Crippen molar-refractivity contribution in [2.45, 2.75) is 25.6 Å². The Morgan fingerprint density at radius 2 is 2.00 bits per heavy atom. The molecule has 118 valence electrons. The predicted octanol–water partition coefficient (Wildman–Crippen LogP) is 1.86. The smallest absolute Gasteiger partial charge is 0.347 e. The molecule has 0 saturated carbocycles. The summed E-state index contributed by atoms with van der Waals surface area (Å²) >= 11 is 0. The molecule has 1 amide bonds. The van der Waals surface area contributed by atoms with Crippen molar-refractivity contribution in [1.82, 2.24) is 14.9 Å². The number of carbonyl (C=O) groups is 1. The minimum absolute atomic E-state index is 0.0879. The lowest BCUT2D eigenvalue weighted by molar-refractivity contribution is -0.138. The Kier molecular flexibility index (Phi) is 4.79. The molecule has 0 bridgehead atoms. The van der Waals surface area contributed by atoms with Crippen LogP contribution in [0, 0.1) is 0 Å². The first-order valence-corrected chi connectivity index (χ1v) is 6.64. The van der Waals surface area contributed by atoms with Crippen LogP contribution in [0.5, 0.6) is 0 Å². The van der Waals surface area contributed by atoms with Gasteiger partial charge in [-0.1, -0.05) is 12.1 Å². The normalized spacial score (nSPS) is 11.6. The van der Waals surface area contributed by atoms with Crippen molar-refractivity contribution in [2.24, 2.45) is 0 Å². The zero-order chi connectivity index (χ0) is 16.2. The van der Waals surface area contributed by atoms with E-state index in [0.29, 0.717) is 10.9 Å². The van der Waals surface area contributed by atoms with Gasteiger partial charge < -0.3 is 5.32 Å². The second kappa shape index (κ2) is 6.59. The number of hydrogen-bond acceptors (Lipinski definition) is 3. The molecule has 0 aliphatic carbocycles. The summed E-state index contributed by atoms with van der Waals surface area (Å²) in [5.74, 6) is -0.695. The molecule has 22 heavy (non-hydrogen) atoms. The van der Waals surface area contributed by atoms with Gasteiger partial charge in [-0.05, 0) is 18.6 Å². The molecule has 1 aromatic carbocycles. The van der Waals surface area contributed by atoms with Gasteiger partial charge in [-0.3, -0.25) is 14.2 Å². The first-order chi connectivity index (χ1) is 10.4. The van der Waals surface area contributed by atoms with Gasteiger partial charge >= 0.3 is 6.18 Å². The molecule has 0 saturated heterocycles. The van der Waals surface area contributed by atoms with Gasteiger partial charge in [0.2, 0.25) is 5.91 Å². The van der Waals surface area contributed by atoms with Crippen LogP contribution in [0.1, 0.15) is 12.8 Å². The van der Waals surface area contributed by atoms with E-state index in [1.54, 1.807) is 29.6 Å². The van der Waals surface area contributed by atoms with Crippen LogP contribution < -0.4 is 10.9 Å². The third-order valence-electron chi connectivity index (χ3n) is 3.02. The molecule has 5 nitrogen and oxygen atoms in total. The molecule has 0 aliphatic rings. The molecular formula is C14H14F3N3O2. The molecular weight excluding hydrogens is 299 g/mol. The molecule has 1 N–H and O–H groups in total. The maximum Gasteiger partial charge on any atom is 0.405 e. The maximum atomic E-state index is 12.1. The second-order valence-corrected chi connectivity index (χ2v) is 4.76. The number of amides is 1. The van der Waals surface area contributed by atoms with Crippen molar-refractivity contribution in [3.8, 4) is 0 Å². The van der Waals surface area contributed by atoms with Crippen molar-refractivity contribution in [2.75, 3.05) is 6.54 Å². The summed E-state index contributed by atoms with van der Waals surface area (Å²) in [6.45, 7) is -1.13. The second-order valence-electron chi connectivity index (χ2n) is 4.76. The molecule has 1 aromatic heterocycles. The molecule has 0 spiro atoms. The van der Waals surface area contributed by atoms with Crippen molar-refractivity contribution in [3.05, 3.63) is 40.9 Å². The SMILES string of the molecule is O=C(CCCn1cnc2ccccc2c1=O)NCC(F)(F)F. The summed E-state index contributed by atoms with van der Waals surface area (Å²) in [6, 6.07) is 6.85. The van der Waals surface area contributed by atoms with Gasteiger partial charge in [-0.25, -0.2) is 4.98 Å². The van der Waals surface area contributed by atoms with Crippen LogP contribution in [-0.4, -0.2) is 28.2 Å². The number of carbonyl (C=O) groups excluding carboxylic acids is 1. The highest BCUT2D eigenvalue weighted by Gasteiger charge is 2.27. The average Bonchev–Trinajstić information content (AvgIpc) is 2.47. The van der Waals surface area contributed by atoms with E-state index in [-0.39, 0.29) is 24.9 Å². The van der Waals surface area contributed by atoms with Crippen LogP contribution in [-0.2, 0) is 11.3 Å². The van der Waals surface area contributed by atoms with Crippen LogP contribution in [0.2, 0.25) is 0 Å². The molecule has 0 radical (unpaired) electrons. The van der Waals surface area contributed by atoms with E-state index in [0.717, 1.165) is 0 Å². The van der Waals surface area contributed by atoms with Crippen LogP contribution in [0.25, 0.3) is 10.9 Å². The third-order valence-corrected chi connectivity index (χ3v) is 3.02. The first-order valence-electron chi connectivity index (χ1n) is 6.64. The molecule has 0 atom stereocenters. The largest absolute Gasteiger partial charge is 0.405 e. The van der Waals surface area contributed by atoms with E-state index >= 15 is 0 Å². The number of benzene rings is 1. The van der Waals surface area contributed by atoms with Crippen molar-refractivity contribution in [3.63, 3.8) is 0 Å². The number of halogens is 3. The van der Waals surface area contributed by atoms with E-state index in [1.165, 1.54) is 10.9 Å². The Bertz CT molecular complexity index is 725. The van der Waals surface area contributed by atoms with Gasteiger partial charge in [0, 0.05) is 13.0 Å². The highest BCUT2D eigenvalue weighted by atomic mass is 19.4. The van der Waals surface area contributed by atoms with E-state index < -0.39 is 18.6 Å². The summed E-state index contributed by atoms with van der Waals surface area (Å²) in [6.07, 6.45) is -2.88. The highest BCUT2D eigenvalue weighted by Crippen LogP contribution is 2.12. The predicted molar refractivity (Wildman–Crippen MR) is 74.3 cm³/mol. The van der Waals surface area contributed by atoms with E-state index in [2.05, 4.69) is 4.98 Å². The minimum atomic E-state index is -4.42. The van der Waals surface area contributed by atoms with Gasteiger partial charge in [0.1, 0.15) is 6.54 Å². The summed E-state index contributed by atoms with van der Waals surface area (Å²) in [5.41, 5.74) is 0.341. The number of aryl methyl sites for hydroxylation is 1. The molecule has 0 aliphatic heterocycles. The maximum absolute atomic E-state index is 12.1. The minimum Gasteiger partial charge on any atom is -0.347 e. The fourth-order valence-corrected chi connectivity index (χ4v) is 1.96. The molecule has 8 heteroatoms. The van der Waals surface area contributed by atoms with E-state index in [1.807, 2.05) is 0 Å². The van der Waals surface area contributed by atoms with Crippen molar-refractivity contribution < 1.29 is 18.0 Å². The quantitative estimate of drug-likeness (QED) is 0.916. The summed E-state index contributed by atoms with van der Waals surface area (Å²) in [5, 5.41) is 2.25.